The van der Waals surface area contributed by atoms with Gasteiger partial charge in [-0.15, -0.1) is 0 Å². The highest BCUT2D eigenvalue weighted by Crippen LogP contribution is 2.22. The van der Waals surface area contributed by atoms with Crippen LogP contribution in [0.25, 0.3) is 0 Å². The van der Waals surface area contributed by atoms with Crippen LogP contribution >= 0.6 is 0 Å². The molecule has 1 saturated carbocycles. The number of aromatic nitrogens is 1. The number of pyridine rings is 1. The Balaban J connectivity index is 1.78. The van der Waals surface area contributed by atoms with E-state index in [1.165, 1.54) is 12.1 Å². The fourth-order valence-corrected chi connectivity index (χ4v) is 3.37. The Hall–Kier alpha value is -2.25. The van der Waals surface area contributed by atoms with Crippen molar-refractivity contribution in [1.82, 2.24) is 9.71 Å². The molecule has 0 unspecified atom stereocenters. The Bertz CT molecular complexity index is 828. The molecule has 0 spiro atoms. The van der Waals surface area contributed by atoms with Gasteiger partial charge in [0.25, 0.3) is 5.91 Å². The number of nitrogens with zero attached hydrogens (tertiary/aromatic N) is 1. The number of hydrogen-bond acceptors (Lipinski definition) is 4. The Morgan fingerprint density at radius 3 is 2.65 bits per heavy atom. The van der Waals surface area contributed by atoms with Crippen molar-refractivity contribution in [1.29, 1.82) is 0 Å². The molecule has 0 bridgehead atoms. The third-order valence-corrected chi connectivity index (χ3v) is 4.98. The predicted octanol–water partition coefficient (Wildman–Crippen LogP) is 2.08. The average molecular weight is 331 g/mol. The molecule has 0 radical (unpaired) electrons. The lowest BCUT2D eigenvalue weighted by molar-refractivity contribution is 0.102. The lowest BCUT2D eigenvalue weighted by Crippen LogP contribution is -2.26. The molecule has 0 saturated heterocycles. The van der Waals surface area contributed by atoms with Gasteiger partial charge < -0.3 is 5.32 Å². The second-order valence-corrected chi connectivity index (χ2v) is 7.31. The van der Waals surface area contributed by atoms with Crippen molar-refractivity contribution in [2.24, 2.45) is 0 Å². The van der Waals surface area contributed by atoms with Crippen molar-refractivity contribution in [2.75, 3.05) is 5.32 Å². The molecule has 0 aliphatic heterocycles. The summed E-state index contributed by atoms with van der Waals surface area (Å²) in [4.78, 5) is 16.4. The van der Waals surface area contributed by atoms with E-state index < -0.39 is 15.9 Å². The molecule has 3 rings (SSSR count). The summed E-state index contributed by atoms with van der Waals surface area (Å²) in [5, 5.41) is 2.65. The fourth-order valence-electron chi connectivity index (χ4n) is 2.02. The zero-order valence-corrected chi connectivity index (χ0v) is 13.4. The first-order valence-corrected chi connectivity index (χ1v) is 8.79. The van der Waals surface area contributed by atoms with Crippen molar-refractivity contribution in [3.8, 4) is 0 Å². The molecule has 1 amide bonds. The fraction of sp³-hybridized carbons (Fsp3) is 0.250. The molecule has 1 aliphatic carbocycles. The van der Waals surface area contributed by atoms with Gasteiger partial charge in [0.2, 0.25) is 10.0 Å². The van der Waals surface area contributed by atoms with E-state index in [-0.39, 0.29) is 16.5 Å². The average Bonchev–Trinajstić information content (AvgIpc) is 3.33. The number of hydrogen-bond donors (Lipinski definition) is 2. The van der Waals surface area contributed by atoms with Gasteiger partial charge in [0.15, 0.2) is 0 Å². The van der Waals surface area contributed by atoms with Gasteiger partial charge >= 0.3 is 0 Å². The molecule has 23 heavy (non-hydrogen) atoms. The van der Waals surface area contributed by atoms with Gasteiger partial charge in [0.1, 0.15) is 5.82 Å². The molecular formula is C16H17N3O3S. The zero-order chi connectivity index (χ0) is 16.4. The van der Waals surface area contributed by atoms with E-state index in [1.807, 2.05) is 13.0 Å². The van der Waals surface area contributed by atoms with Gasteiger partial charge in [-0.05, 0) is 49.6 Å². The van der Waals surface area contributed by atoms with Crippen LogP contribution in [-0.2, 0) is 10.0 Å². The Morgan fingerprint density at radius 2 is 2.00 bits per heavy atom. The maximum Gasteiger partial charge on any atom is 0.256 e. The number of carbonyl (C=O) groups excluding carboxylic acids is 1. The lowest BCUT2D eigenvalue weighted by Gasteiger charge is -2.08. The first-order chi connectivity index (χ1) is 10.9. The number of amides is 1. The molecule has 2 aromatic rings. The number of sulfonamides is 1. The summed E-state index contributed by atoms with van der Waals surface area (Å²) in [6, 6.07) is 9.53. The molecule has 2 N–H and O–H groups in total. The van der Waals surface area contributed by atoms with E-state index in [0.29, 0.717) is 5.82 Å². The first-order valence-electron chi connectivity index (χ1n) is 7.30. The molecule has 1 heterocycles. The number of anilines is 1. The van der Waals surface area contributed by atoms with Crippen LogP contribution < -0.4 is 10.0 Å². The quantitative estimate of drug-likeness (QED) is 0.878. The Kier molecular flexibility index (Phi) is 4.14. The minimum absolute atomic E-state index is 0.0224. The number of rotatable bonds is 5. The third-order valence-electron chi connectivity index (χ3n) is 3.46. The molecule has 120 valence electrons. The molecule has 0 atom stereocenters. The monoisotopic (exact) mass is 331 g/mol. The third kappa shape index (κ3) is 3.94. The van der Waals surface area contributed by atoms with E-state index >= 15 is 0 Å². The van der Waals surface area contributed by atoms with Crippen LogP contribution in [0.1, 0.15) is 28.8 Å². The number of aryl methyl sites for hydroxylation is 1. The summed E-state index contributed by atoms with van der Waals surface area (Å²) in [7, 11) is -3.58. The summed E-state index contributed by atoms with van der Waals surface area (Å²) in [6.45, 7) is 1.90. The van der Waals surface area contributed by atoms with Gasteiger partial charge in [0.05, 0.1) is 4.90 Å². The van der Waals surface area contributed by atoms with Crippen LogP contribution in [-0.4, -0.2) is 25.4 Å². The van der Waals surface area contributed by atoms with Crippen molar-refractivity contribution in [2.45, 2.75) is 30.7 Å². The summed E-state index contributed by atoms with van der Waals surface area (Å²) in [5.74, 6) is 0.0230. The normalized spacial score (nSPS) is 14.5. The standard InChI is InChI=1S/C16H17N3O3S/c1-11-5-8-15(17-10-11)18-16(20)12-3-2-4-14(9-12)23(21,22)19-13-6-7-13/h2-5,8-10,13,19H,6-7H2,1H3,(H,17,18,20). The minimum atomic E-state index is -3.58. The van der Waals surface area contributed by atoms with E-state index in [2.05, 4.69) is 15.0 Å². The zero-order valence-electron chi connectivity index (χ0n) is 12.6. The molecule has 1 aromatic carbocycles. The smallest absolute Gasteiger partial charge is 0.256 e. The van der Waals surface area contributed by atoms with Crippen molar-refractivity contribution < 1.29 is 13.2 Å². The van der Waals surface area contributed by atoms with E-state index in [0.717, 1.165) is 18.4 Å². The van der Waals surface area contributed by atoms with Crippen molar-refractivity contribution in [3.05, 3.63) is 53.7 Å². The molecule has 1 aliphatic rings. The number of nitrogens with one attached hydrogen (secondary N) is 2. The van der Waals surface area contributed by atoms with Crippen molar-refractivity contribution in [3.63, 3.8) is 0 Å². The first kappa shape index (κ1) is 15.6. The van der Waals surface area contributed by atoms with Crippen LogP contribution in [0, 0.1) is 6.92 Å². The van der Waals surface area contributed by atoms with Crippen LogP contribution in [0.5, 0.6) is 0 Å². The number of benzene rings is 1. The Labute approximate surface area is 135 Å². The highest BCUT2D eigenvalue weighted by atomic mass is 32.2. The molecule has 1 fully saturated rings. The SMILES string of the molecule is Cc1ccc(NC(=O)c2cccc(S(=O)(=O)NC3CC3)c2)nc1. The topological polar surface area (TPSA) is 88.2 Å². The second-order valence-electron chi connectivity index (χ2n) is 5.60. The lowest BCUT2D eigenvalue weighted by atomic mass is 10.2. The molecule has 1 aromatic heterocycles. The summed E-state index contributed by atoms with van der Waals surface area (Å²) < 4.78 is 27.0. The van der Waals surface area contributed by atoms with Crippen LogP contribution in [0.3, 0.4) is 0 Å². The molecular weight excluding hydrogens is 314 g/mol. The predicted molar refractivity (Wildman–Crippen MR) is 86.7 cm³/mol. The minimum Gasteiger partial charge on any atom is -0.307 e. The van der Waals surface area contributed by atoms with E-state index in [9.17, 15) is 13.2 Å². The van der Waals surface area contributed by atoms with Gasteiger partial charge in [0, 0.05) is 17.8 Å². The number of carbonyl (C=O) groups is 1. The van der Waals surface area contributed by atoms with E-state index in [4.69, 9.17) is 0 Å². The van der Waals surface area contributed by atoms with E-state index in [1.54, 1.807) is 24.4 Å². The van der Waals surface area contributed by atoms with Gasteiger partial charge in [-0.3, -0.25) is 4.79 Å². The highest BCUT2D eigenvalue weighted by molar-refractivity contribution is 7.89. The summed E-state index contributed by atoms with van der Waals surface area (Å²) in [5.41, 5.74) is 1.26. The molecule has 7 heteroatoms. The largest absolute Gasteiger partial charge is 0.307 e. The Morgan fingerprint density at radius 1 is 1.22 bits per heavy atom. The van der Waals surface area contributed by atoms with Crippen LogP contribution in [0.4, 0.5) is 5.82 Å². The highest BCUT2D eigenvalue weighted by Gasteiger charge is 2.28. The van der Waals surface area contributed by atoms with Crippen molar-refractivity contribution >= 4 is 21.7 Å². The summed E-state index contributed by atoms with van der Waals surface area (Å²) in [6.07, 6.45) is 3.37. The molecule has 6 nitrogen and oxygen atoms in total. The second kappa shape index (κ2) is 6.10. The van der Waals surface area contributed by atoms with Gasteiger partial charge in [-0.1, -0.05) is 12.1 Å². The van der Waals surface area contributed by atoms with Crippen LogP contribution in [0.2, 0.25) is 0 Å². The van der Waals surface area contributed by atoms with Gasteiger partial charge in [-0.25, -0.2) is 18.1 Å². The maximum atomic E-state index is 12.2. The summed E-state index contributed by atoms with van der Waals surface area (Å²) >= 11 is 0. The van der Waals surface area contributed by atoms with Gasteiger partial charge in [-0.2, -0.15) is 0 Å². The maximum absolute atomic E-state index is 12.2. The van der Waals surface area contributed by atoms with Crippen LogP contribution in [0.15, 0.2) is 47.5 Å².